The molecule has 1 aromatic carbocycles. The minimum Gasteiger partial charge on any atom is -0.342 e. The first kappa shape index (κ1) is 16.2. The summed E-state index contributed by atoms with van der Waals surface area (Å²) in [5, 5.41) is 4.07. The molecule has 2 aromatic heterocycles. The first-order chi connectivity index (χ1) is 12.2. The summed E-state index contributed by atoms with van der Waals surface area (Å²) in [6, 6.07) is 6.17. The number of carbonyl (C=O) groups is 1. The molecule has 7 heteroatoms. The molecule has 130 valence electrons. The maximum atomic E-state index is 12.9. The maximum Gasteiger partial charge on any atom is 0.267 e. The molecule has 1 saturated heterocycles. The lowest BCUT2D eigenvalue weighted by Crippen LogP contribution is -2.39. The van der Waals surface area contributed by atoms with Crippen molar-refractivity contribution < 1.29 is 4.79 Å². The van der Waals surface area contributed by atoms with E-state index in [1.807, 2.05) is 17.9 Å². The predicted octanol–water partition coefficient (Wildman–Crippen LogP) is 3.31. The minimum absolute atomic E-state index is 0.0591. The van der Waals surface area contributed by atoms with E-state index in [9.17, 15) is 4.79 Å². The summed E-state index contributed by atoms with van der Waals surface area (Å²) in [6.45, 7) is 5.56. The Hall–Kier alpha value is -2.28. The SMILES string of the molecule is CCc1nnsc1C(=O)N1CCC[C@@H](c2nc3c(C)cccc3[nH]2)C1. The van der Waals surface area contributed by atoms with E-state index in [0.717, 1.165) is 48.4 Å². The second-order valence-electron chi connectivity index (χ2n) is 6.59. The van der Waals surface area contributed by atoms with Gasteiger partial charge < -0.3 is 9.88 Å². The molecule has 1 N–H and O–H groups in total. The quantitative estimate of drug-likeness (QED) is 0.782. The molecule has 0 saturated carbocycles. The molecule has 0 spiro atoms. The summed E-state index contributed by atoms with van der Waals surface area (Å²) in [6.07, 6.45) is 2.77. The molecule has 1 atom stereocenters. The normalized spacial score (nSPS) is 18.0. The van der Waals surface area contributed by atoms with E-state index in [1.54, 1.807) is 0 Å². The van der Waals surface area contributed by atoms with Gasteiger partial charge in [-0.2, -0.15) is 0 Å². The monoisotopic (exact) mass is 355 g/mol. The minimum atomic E-state index is 0.0591. The van der Waals surface area contributed by atoms with E-state index in [1.165, 1.54) is 17.1 Å². The number of nitrogens with zero attached hydrogens (tertiary/aromatic N) is 4. The molecule has 3 aromatic rings. The highest BCUT2D eigenvalue weighted by Crippen LogP contribution is 2.29. The zero-order valence-electron chi connectivity index (χ0n) is 14.5. The van der Waals surface area contributed by atoms with Crippen molar-refractivity contribution >= 4 is 28.5 Å². The van der Waals surface area contributed by atoms with Gasteiger partial charge in [-0.15, -0.1) is 5.10 Å². The molecule has 0 aliphatic carbocycles. The molecule has 1 aliphatic rings. The van der Waals surface area contributed by atoms with Gasteiger partial charge in [0.05, 0.1) is 16.7 Å². The molecule has 1 aliphatic heterocycles. The number of hydrogen-bond donors (Lipinski definition) is 1. The fraction of sp³-hybridized carbons (Fsp3) is 0.444. The van der Waals surface area contributed by atoms with Gasteiger partial charge in [0.1, 0.15) is 10.7 Å². The summed E-state index contributed by atoms with van der Waals surface area (Å²) in [7, 11) is 0. The molecule has 0 bridgehead atoms. The van der Waals surface area contributed by atoms with Crippen molar-refractivity contribution in [3.63, 3.8) is 0 Å². The van der Waals surface area contributed by atoms with Crippen LogP contribution in [0.2, 0.25) is 0 Å². The summed E-state index contributed by atoms with van der Waals surface area (Å²) >= 11 is 1.20. The van der Waals surface area contributed by atoms with Crippen molar-refractivity contribution in [3.8, 4) is 0 Å². The van der Waals surface area contributed by atoms with Crippen LogP contribution in [0.25, 0.3) is 11.0 Å². The van der Waals surface area contributed by atoms with Crippen LogP contribution < -0.4 is 0 Å². The molecule has 3 heterocycles. The highest BCUT2D eigenvalue weighted by molar-refractivity contribution is 7.08. The van der Waals surface area contributed by atoms with Crippen LogP contribution >= 0.6 is 11.5 Å². The second kappa shape index (κ2) is 6.55. The Bertz CT molecular complexity index is 915. The Labute approximate surface area is 150 Å². The zero-order valence-corrected chi connectivity index (χ0v) is 15.3. The van der Waals surface area contributed by atoms with Gasteiger partial charge >= 0.3 is 0 Å². The fourth-order valence-electron chi connectivity index (χ4n) is 3.52. The summed E-state index contributed by atoms with van der Waals surface area (Å²) in [5.74, 6) is 1.29. The van der Waals surface area contributed by atoms with Crippen molar-refractivity contribution in [2.75, 3.05) is 13.1 Å². The van der Waals surface area contributed by atoms with Gasteiger partial charge in [-0.25, -0.2) is 4.98 Å². The van der Waals surface area contributed by atoms with Gasteiger partial charge in [0.15, 0.2) is 0 Å². The summed E-state index contributed by atoms with van der Waals surface area (Å²) in [4.78, 5) is 23.7. The molecular weight excluding hydrogens is 334 g/mol. The Morgan fingerprint density at radius 3 is 3.12 bits per heavy atom. The van der Waals surface area contributed by atoms with E-state index >= 15 is 0 Å². The highest BCUT2D eigenvalue weighted by atomic mass is 32.1. The van der Waals surface area contributed by atoms with E-state index in [2.05, 4.69) is 33.6 Å². The molecule has 25 heavy (non-hydrogen) atoms. The number of nitrogens with one attached hydrogen (secondary N) is 1. The molecule has 0 unspecified atom stereocenters. The van der Waals surface area contributed by atoms with Crippen LogP contribution in [0.4, 0.5) is 0 Å². The fourth-order valence-corrected chi connectivity index (χ4v) is 4.24. The van der Waals surface area contributed by atoms with Crippen LogP contribution in [0.5, 0.6) is 0 Å². The van der Waals surface area contributed by atoms with Crippen LogP contribution in [0, 0.1) is 6.92 Å². The number of H-pyrrole nitrogens is 1. The first-order valence-corrected chi connectivity index (χ1v) is 9.50. The molecule has 6 nitrogen and oxygen atoms in total. The number of likely N-dealkylation sites (tertiary alicyclic amines) is 1. The van der Waals surface area contributed by atoms with Crippen LogP contribution in [0.1, 0.15) is 52.4 Å². The number of benzene rings is 1. The molecule has 1 amide bonds. The number of fused-ring (bicyclic) bond motifs is 1. The topological polar surface area (TPSA) is 74.8 Å². The number of aromatic nitrogens is 4. The second-order valence-corrected chi connectivity index (χ2v) is 7.34. The number of amides is 1. The summed E-state index contributed by atoms with van der Waals surface area (Å²) < 4.78 is 3.95. The van der Waals surface area contributed by atoms with Crippen molar-refractivity contribution in [1.82, 2.24) is 24.5 Å². The van der Waals surface area contributed by atoms with Crippen LogP contribution in [0.3, 0.4) is 0 Å². The number of hydrogen-bond acceptors (Lipinski definition) is 5. The summed E-state index contributed by atoms with van der Waals surface area (Å²) in [5.41, 5.74) is 4.07. The average Bonchev–Trinajstić information content (AvgIpc) is 3.28. The number of para-hydroxylation sites is 1. The molecule has 1 fully saturated rings. The standard InChI is InChI=1S/C18H21N5OS/c1-3-13-16(25-22-21-13)18(24)23-9-5-7-12(10-23)17-19-14-8-4-6-11(2)15(14)20-17/h4,6,8,12H,3,5,7,9-10H2,1-2H3,(H,19,20)/t12-/m1/s1. The van der Waals surface area contributed by atoms with Crippen LogP contribution in [-0.2, 0) is 6.42 Å². The van der Waals surface area contributed by atoms with Gasteiger partial charge in [-0.3, -0.25) is 4.79 Å². The number of carbonyl (C=O) groups excluding carboxylic acids is 1. The van der Waals surface area contributed by atoms with Crippen molar-refractivity contribution in [1.29, 1.82) is 0 Å². The third-order valence-electron chi connectivity index (χ3n) is 4.91. The Morgan fingerprint density at radius 2 is 2.32 bits per heavy atom. The number of imidazole rings is 1. The Kier molecular flexibility index (Phi) is 4.25. The molecule has 0 radical (unpaired) electrons. The maximum absolute atomic E-state index is 12.9. The Balaban J connectivity index is 1.58. The number of aromatic amines is 1. The first-order valence-electron chi connectivity index (χ1n) is 8.73. The number of rotatable bonds is 3. The van der Waals surface area contributed by atoms with Gasteiger partial charge in [-0.1, -0.05) is 23.5 Å². The smallest absolute Gasteiger partial charge is 0.267 e. The largest absolute Gasteiger partial charge is 0.342 e. The third-order valence-corrected chi connectivity index (χ3v) is 5.67. The van der Waals surface area contributed by atoms with Crippen molar-refractivity contribution in [3.05, 3.63) is 40.2 Å². The van der Waals surface area contributed by atoms with Crippen LogP contribution in [0.15, 0.2) is 18.2 Å². The van der Waals surface area contributed by atoms with Crippen molar-refractivity contribution in [2.45, 2.75) is 39.0 Å². The predicted molar refractivity (Wildman–Crippen MR) is 98.0 cm³/mol. The van der Waals surface area contributed by atoms with Crippen molar-refractivity contribution in [2.24, 2.45) is 0 Å². The highest BCUT2D eigenvalue weighted by Gasteiger charge is 2.29. The third kappa shape index (κ3) is 2.93. The van der Waals surface area contributed by atoms with E-state index in [-0.39, 0.29) is 11.8 Å². The van der Waals surface area contributed by atoms with E-state index in [4.69, 9.17) is 4.98 Å². The molecule has 4 rings (SSSR count). The number of piperidine rings is 1. The lowest BCUT2D eigenvalue weighted by Gasteiger charge is -2.31. The number of aryl methyl sites for hydroxylation is 2. The molecular formula is C18H21N5OS. The van der Waals surface area contributed by atoms with Crippen LogP contribution in [-0.4, -0.2) is 43.5 Å². The Morgan fingerprint density at radius 1 is 1.44 bits per heavy atom. The lowest BCUT2D eigenvalue weighted by atomic mass is 9.97. The van der Waals surface area contributed by atoms with Gasteiger partial charge in [-0.05, 0) is 49.3 Å². The van der Waals surface area contributed by atoms with Gasteiger partial charge in [0.25, 0.3) is 5.91 Å². The average molecular weight is 355 g/mol. The zero-order chi connectivity index (χ0) is 17.4. The van der Waals surface area contributed by atoms with Gasteiger partial charge in [0, 0.05) is 19.0 Å². The van der Waals surface area contributed by atoms with Gasteiger partial charge in [0.2, 0.25) is 0 Å². The lowest BCUT2D eigenvalue weighted by molar-refractivity contribution is 0.0708. The van der Waals surface area contributed by atoms with E-state index in [0.29, 0.717) is 11.4 Å². The van der Waals surface area contributed by atoms with E-state index < -0.39 is 0 Å².